The SMILES string of the molecule is C[C@@H]1CN(C(=O)c2ccc(Cl)nc2)C[C@H]1C(=O)O. The number of carbonyl (C=O) groups is 2. The average Bonchev–Trinajstić information content (AvgIpc) is 2.71. The molecule has 0 aliphatic carbocycles. The van der Waals surface area contributed by atoms with E-state index in [1.165, 1.54) is 6.20 Å². The number of halogens is 1. The zero-order valence-electron chi connectivity index (χ0n) is 9.84. The van der Waals surface area contributed by atoms with Gasteiger partial charge in [0.1, 0.15) is 5.15 Å². The fourth-order valence-corrected chi connectivity index (χ4v) is 2.25. The lowest BCUT2D eigenvalue weighted by Gasteiger charge is -2.15. The van der Waals surface area contributed by atoms with E-state index in [-0.39, 0.29) is 18.4 Å². The van der Waals surface area contributed by atoms with Gasteiger partial charge in [-0.25, -0.2) is 4.98 Å². The van der Waals surface area contributed by atoms with Gasteiger partial charge in [0.25, 0.3) is 5.91 Å². The monoisotopic (exact) mass is 268 g/mol. The first kappa shape index (κ1) is 12.8. The molecule has 1 fully saturated rings. The third-order valence-corrected chi connectivity index (χ3v) is 3.41. The van der Waals surface area contributed by atoms with Crippen LogP contribution < -0.4 is 0 Å². The molecular formula is C12H13ClN2O3. The maximum Gasteiger partial charge on any atom is 0.308 e. The maximum absolute atomic E-state index is 12.1. The summed E-state index contributed by atoms with van der Waals surface area (Å²) >= 11 is 5.65. The summed E-state index contributed by atoms with van der Waals surface area (Å²) in [6, 6.07) is 3.14. The number of hydrogen-bond donors (Lipinski definition) is 1. The second-order valence-corrected chi connectivity index (χ2v) is 4.89. The van der Waals surface area contributed by atoms with Crippen molar-refractivity contribution in [3.8, 4) is 0 Å². The summed E-state index contributed by atoms with van der Waals surface area (Å²) in [5.41, 5.74) is 0.428. The smallest absolute Gasteiger partial charge is 0.308 e. The van der Waals surface area contributed by atoms with E-state index in [9.17, 15) is 9.59 Å². The van der Waals surface area contributed by atoms with E-state index in [4.69, 9.17) is 16.7 Å². The van der Waals surface area contributed by atoms with Crippen molar-refractivity contribution in [2.75, 3.05) is 13.1 Å². The predicted octanol–water partition coefficient (Wildman–Crippen LogP) is 1.53. The van der Waals surface area contributed by atoms with Crippen molar-refractivity contribution in [1.82, 2.24) is 9.88 Å². The lowest BCUT2D eigenvalue weighted by atomic mass is 9.99. The number of amides is 1. The summed E-state index contributed by atoms with van der Waals surface area (Å²) in [7, 11) is 0. The Kier molecular flexibility index (Phi) is 3.52. The third-order valence-electron chi connectivity index (χ3n) is 3.19. The zero-order valence-corrected chi connectivity index (χ0v) is 10.6. The Balaban J connectivity index is 2.12. The lowest BCUT2D eigenvalue weighted by molar-refractivity contribution is -0.142. The fraction of sp³-hybridized carbons (Fsp3) is 0.417. The van der Waals surface area contributed by atoms with Crippen molar-refractivity contribution in [3.05, 3.63) is 29.0 Å². The van der Waals surface area contributed by atoms with Crippen molar-refractivity contribution >= 4 is 23.5 Å². The zero-order chi connectivity index (χ0) is 13.3. The van der Waals surface area contributed by atoms with Crippen LogP contribution in [0.5, 0.6) is 0 Å². The molecule has 0 saturated carbocycles. The molecule has 1 aliphatic heterocycles. The average molecular weight is 269 g/mol. The molecule has 0 spiro atoms. The van der Waals surface area contributed by atoms with Crippen LogP contribution in [0.3, 0.4) is 0 Å². The van der Waals surface area contributed by atoms with Crippen molar-refractivity contribution in [1.29, 1.82) is 0 Å². The summed E-state index contributed by atoms with van der Waals surface area (Å²) in [6.45, 7) is 2.54. The molecule has 1 aromatic heterocycles. The Bertz CT molecular complexity index is 475. The van der Waals surface area contributed by atoms with E-state index in [2.05, 4.69) is 4.98 Å². The molecule has 6 heteroatoms. The van der Waals surface area contributed by atoms with Gasteiger partial charge in [-0.15, -0.1) is 0 Å². The van der Waals surface area contributed by atoms with Gasteiger partial charge in [0.15, 0.2) is 0 Å². The van der Waals surface area contributed by atoms with Crippen LogP contribution in [0, 0.1) is 11.8 Å². The molecule has 0 aromatic carbocycles. The Hall–Kier alpha value is -1.62. The summed E-state index contributed by atoms with van der Waals surface area (Å²) in [5.74, 6) is -1.58. The number of pyridine rings is 1. The molecule has 2 heterocycles. The van der Waals surface area contributed by atoms with E-state index in [0.29, 0.717) is 17.3 Å². The molecule has 0 bridgehead atoms. The number of likely N-dealkylation sites (tertiary alicyclic amines) is 1. The number of rotatable bonds is 2. The number of hydrogen-bond acceptors (Lipinski definition) is 3. The minimum atomic E-state index is -0.855. The van der Waals surface area contributed by atoms with E-state index < -0.39 is 11.9 Å². The Morgan fingerprint density at radius 1 is 1.44 bits per heavy atom. The summed E-state index contributed by atoms with van der Waals surface area (Å²) < 4.78 is 0. The molecule has 2 atom stereocenters. The van der Waals surface area contributed by atoms with Crippen LogP contribution in [0.15, 0.2) is 18.3 Å². The van der Waals surface area contributed by atoms with Crippen molar-refractivity contribution in [2.45, 2.75) is 6.92 Å². The summed E-state index contributed by atoms with van der Waals surface area (Å²) in [4.78, 5) is 28.5. The summed E-state index contributed by atoms with van der Waals surface area (Å²) in [5, 5.41) is 9.35. The predicted molar refractivity (Wildman–Crippen MR) is 65.4 cm³/mol. The van der Waals surface area contributed by atoms with Crippen LogP contribution in [-0.4, -0.2) is 40.0 Å². The molecular weight excluding hydrogens is 256 g/mol. The highest BCUT2D eigenvalue weighted by Gasteiger charge is 2.37. The van der Waals surface area contributed by atoms with Crippen LogP contribution in [0.2, 0.25) is 5.15 Å². The molecule has 2 rings (SSSR count). The normalized spacial score (nSPS) is 23.1. The van der Waals surface area contributed by atoms with Crippen LogP contribution in [-0.2, 0) is 4.79 Å². The van der Waals surface area contributed by atoms with Gasteiger partial charge in [-0.1, -0.05) is 18.5 Å². The van der Waals surface area contributed by atoms with Crippen LogP contribution in [0.4, 0.5) is 0 Å². The van der Waals surface area contributed by atoms with E-state index in [1.807, 2.05) is 6.92 Å². The van der Waals surface area contributed by atoms with E-state index in [1.54, 1.807) is 17.0 Å². The fourth-order valence-electron chi connectivity index (χ4n) is 2.14. The minimum Gasteiger partial charge on any atom is -0.481 e. The molecule has 96 valence electrons. The number of aliphatic carboxylic acids is 1. The topological polar surface area (TPSA) is 70.5 Å². The molecule has 1 amide bonds. The largest absolute Gasteiger partial charge is 0.481 e. The molecule has 18 heavy (non-hydrogen) atoms. The van der Waals surface area contributed by atoms with Gasteiger partial charge in [-0.3, -0.25) is 9.59 Å². The lowest BCUT2D eigenvalue weighted by Crippen LogP contribution is -2.30. The van der Waals surface area contributed by atoms with Crippen molar-refractivity contribution in [2.24, 2.45) is 11.8 Å². The van der Waals surface area contributed by atoms with Gasteiger partial charge in [0.2, 0.25) is 0 Å². The molecule has 0 radical (unpaired) electrons. The number of carboxylic acids is 1. The van der Waals surface area contributed by atoms with Crippen LogP contribution in [0.1, 0.15) is 17.3 Å². The number of carboxylic acid groups (broad SMARTS) is 1. The van der Waals surface area contributed by atoms with Crippen molar-refractivity contribution in [3.63, 3.8) is 0 Å². The van der Waals surface area contributed by atoms with E-state index in [0.717, 1.165) is 0 Å². The van der Waals surface area contributed by atoms with Gasteiger partial charge < -0.3 is 10.0 Å². The maximum atomic E-state index is 12.1. The second kappa shape index (κ2) is 4.94. The highest BCUT2D eigenvalue weighted by atomic mass is 35.5. The third kappa shape index (κ3) is 2.46. The van der Waals surface area contributed by atoms with Crippen molar-refractivity contribution < 1.29 is 14.7 Å². The number of carbonyl (C=O) groups excluding carboxylic acids is 1. The molecule has 1 saturated heterocycles. The van der Waals surface area contributed by atoms with Crippen LogP contribution >= 0.6 is 11.6 Å². The second-order valence-electron chi connectivity index (χ2n) is 4.50. The molecule has 0 unspecified atom stereocenters. The Labute approximate surface area is 109 Å². The summed E-state index contributed by atoms with van der Waals surface area (Å²) in [6.07, 6.45) is 1.41. The van der Waals surface area contributed by atoms with Gasteiger partial charge >= 0.3 is 5.97 Å². The molecule has 5 nitrogen and oxygen atoms in total. The first-order chi connectivity index (χ1) is 8.49. The molecule has 1 aliphatic rings. The highest BCUT2D eigenvalue weighted by molar-refractivity contribution is 6.29. The van der Waals surface area contributed by atoms with E-state index >= 15 is 0 Å². The highest BCUT2D eigenvalue weighted by Crippen LogP contribution is 2.24. The standard InChI is InChI=1S/C12H13ClN2O3/c1-7-5-15(6-9(7)12(17)18)11(16)8-2-3-10(13)14-4-8/h2-4,7,9H,5-6H2,1H3,(H,17,18)/t7-,9-/m1/s1. The number of aromatic nitrogens is 1. The Morgan fingerprint density at radius 3 is 2.67 bits per heavy atom. The quantitative estimate of drug-likeness (QED) is 0.826. The van der Waals surface area contributed by atoms with Gasteiger partial charge in [-0.2, -0.15) is 0 Å². The first-order valence-electron chi connectivity index (χ1n) is 5.62. The minimum absolute atomic E-state index is 0.0355. The molecule has 1 aromatic rings. The number of nitrogens with zero attached hydrogens (tertiary/aromatic N) is 2. The first-order valence-corrected chi connectivity index (χ1v) is 6.00. The van der Waals surface area contributed by atoms with Gasteiger partial charge in [-0.05, 0) is 18.1 Å². The van der Waals surface area contributed by atoms with Gasteiger partial charge in [0.05, 0.1) is 11.5 Å². The van der Waals surface area contributed by atoms with Crippen LogP contribution in [0.25, 0.3) is 0 Å². The Morgan fingerprint density at radius 2 is 2.17 bits per heavy atom. The molecule has 1 N–H and O–H groups in total. The van der Waals surface area contributed by atoms with Gasteiger partial charge in [0, 0.05) is 19.3 Å².